The number of ether oxygens (including phenoxy) is 2. The van der Waals surface area contributed by atoms with E-state index in [0.717, 1.165) is 24.0 Å². The fourth-order valence-corrected chi connectivity index (χ4v) is 2.57. The smallest absolute Gasteiger partial charge is 0.415 e. The summed E-state index contributed by atoms with van der Waals surface area (Å²) in [7, 11) is 0. The van der Waals surface area contributed by atoms with Crippen LogP contribution in [0.25, 0.3) is 0 Å². The SMILES string of the molecule is O=C(OC(Cl)CCc1ccccc1)OC(Cl)CCc1ccccc1. The summed E-state index contributed by atoms with van der Waals surface area (Å²) in [4.78, 5) is 11.7. The van der Waals surface area contributed by atoms with Crippen molar-refractivity contribution in [3.63, 3.8) is 0 Å². The van der Waals surface area contributed by atoms with Gasteiger partial charge in [-0.3, -0.25) is 0 Å². The van der Waals surface area contributed by atoms with Crippen LogP contribution in [0.3, 0.4) is 0 Å². The molecule has 0 aliphatic heterocycles. The Morgan fingerprint density at radius 3 is 1.50 bits per heavy atom. The summed E-state index contributed by atoms with van der Waals surface area (Å²) in [5, 5.41) is 0. The first-order valence-corrected chi connectivity index (χ1v) is 8.74. The Labute approximate surface area is 152 Å². The fraction of sp³-hybridized carbons (Fsp3) is 0.316. The molecule has 2 aromatic carbocycles. The highest BCUT2D eigenvalue weighted by molar-refractivity contribution is 6.20. The van der Waals surface area contributed by atoms with Crippen LogP contribution in [0, 0.1) is 0 Å². The zero-order valence-electron chi connectivity index (χ0n) is 13.2. The van der Waals surface area contributed by atoms with Gasteiger partial charge in [0.25, 0.3) is 0 Å². The van der Waals surface area contributed by atoms with Crippen molar-refractivity contribution in [2.24, 2.45) is 0 Å². The molecular formula is C19H20Cl2O3. The average Bonchev–Trinajstić information content (AvgIpc) is 2.60. The maximum absolute atomic E-state index is 11.7. The Morgan fingerprint density at radius 2 is 1.12 bits per heavy atom. The van der Waals surface area contributed by atoms with E-state index < -0.39 is 17.3 Å². The minimum absolute atomic E-state index is 0.512. The Hall–Kier alpha value is -1.71. The number of hydrogen-bond donors (Lipinski definition) is 0. The molecule has 0 saturated heterocycles. The van der Waals surface area contributed by atoms with E-state index in [2.05, 4.69) is 0 Å². The molecule has 0 bridgehead atoms. The Kier molecular flexibility index (Phi) is 7.93. The van der Waals surface area contributed by atoms with Gasteiger partial charge in [-0.1, -0.05) is 83.9 Å². The molecule has 5 heteroatoms. The molecule has 0 saturated carbocycles. The second-order valence-corrected chi connectivity index (χ2v) is 6.33. The lowest BCUT2D eigenvalue weighted by atomic mass is 10.1. The molecule has 0 spiro atoms. The highest BCUT2D eigenvalue weighted by Crippen LogP contribution is 2.15. The molecule has 2 aromatic rings. The van der Waals surface area contributed by atoms with E-state index in [1.807, 2.05) is 60.7 Å². The first kappa shape index (κ1) is 18.6. The lowest BCUT2D eigenvalue weighted by Crippen LogP contribution is -2.19. The summed E-state index contributed by atoms with van der Waals surface area (Å²) in [5.74, 6) is 0. The van der Waals surface area contributed by atoms with Gasteiger partial charge in [-0.2, -0.15) is 0 Å². The molecule has 0 aromatic heterocycles. The maximum Gasteiger partial charge on any atom is 0.511 e. The predicted molar refractivity (Wildman–Crippen MR) is 96.4 cm³/mol. The number of rotatable bonds is 8. The number of carbonyl (C=O) groups excluding carboxylic acids is 1. The van der Waals surface area contributed by atoms with Gasteiger partial charge in [-0.15, -0.1) is 0 Å². The van der Waals surface area contributed by atoms with Crippen molar-refractivity contribution in [2.75, 3.05) is 0 Å². The van der Waals surface area contributed by atoms with E-state index >= 15 is 0 Å². The van der Waals surface area contributed by atoms with Gasteiger partial charge < -0.3 is 9.47 Å². The zero-order chi connectivity index (χ0) is 17.2. The van der Waals surface area contributed by atoms with Gasteiger partial charge >= 0.3 is 6.16 Å². The van der Waals surface area contributed by atoms with Crippen LogP contribution in [0.2, 0.25) is 0 Å². The third-order valence-corrected chi connectivity index (χ3v) is 4.07. The summed E-state index contributed by atoms with van der Waals surface area (Å²) < 4.78 is 10.0. The quantitative estimate of drug-likeness (QED) is 0.454. The van der Waals surface area contributed by atoms with Gasteiger partial charge in [0.05, 0.1) is 0 Å². The summed E-state index contributed by atoms with van der Waals surface area (Å²) in [5.41, 5.74) is 0.794. The number of carbonyl (C=O) groups is 1. The largest absolute Gasteiger partial charge is 0.511 e. The van der Waals surface area contributed by atoms with Gasteiger partial charge in [0.2, 0.25) is 0 Å². The van der Waals surface area contributed by atoms with Crippen LogP contribution in [-0.2, 0) is 22.3 Å². The topological polar surface area (TPSA) is 35.5 Å². The van der Waals surface area contributed by atoms with Crippen LogP contribution in [0.15, 0.2) is 60.7 Å². The lowest BCUT2D eigenvalue weighted by molar-refractivity contribution is 0.0336. The molecule has 0 heterocycles. The van der Waals surface area contributed by atoms with Crippen molar-refractivity contribution in [2.45, 2.75) is 36.8 Å². The molecule has 0 aliphatic rings. The average molecular weight is 367 g/mol. The second-order valence-electron chi connectivity index (χ2n) is 5.35. The van der Waals surface area contributed by atoms with Crippen molar-refractivity contribution < 1.29 is 14.3 Å². The van der Waals surface area contributed by atoms with Crippen LogP contribution in [-0.4, -0.2) is 17.3 Å². The number of aryl methyl sites for hydroxylation is 2. The third-order valence-electron chi connectivity index (χ3n) is 3.45. The molecule has 3 nitrogen and oxygen atoms in total. The lowest BCUT2D eigenvalue weighted by Gasteiger charge is -2.14. The highest BCUT2D eigenvalue weighted by atomic mass is 35.5. The monoisotopic (exact) mass is 366 g/mol. The maximum atomic E-state index is 11.7. The van der Waals surface area contributed by atoms with Gasteiger partial charge in [0.15, 0.2) is 11.1 Å². The predicted octanol–water partition coefficient (Wildman–Crippen LogP) is 5.54. The van der Waals surface area contributed by atoms with E-state index in [1.54, 1.807) is 0 Å². The third kappa shape index (κ3) is 7.24. The van der Waals surface area contributed by atoms with E-state index in [9.17, 15) is 4.79 Å². The van der Waals surface area contributed by atoms with Gasteiger partial charge in [-0.05, 0) is 24.0 Å². The Bertz CT molecular complexity index is 551. The Morgan fingerprint density at radius 1 is 0.750 bits per heavy atom. The van der Waals surface area contributed by atoms with Gasteiger partial charge in [-0.25, -0.2) is 4.79 Å². The second kappa shape index (κ2) is 10.2. The van der Waals surface area contributed by atoms with Crippen molar-refractivity contribution in [3.05, 3.63) is 71.8 Å². The van der Waals surface area contributed by atoms with E-state index in [4.69, 9.17) is 32.7 Å². The number of halogens is 2. The van der Waals surface area contributed by atoms with Crippen LogP contribution in [0.5, 0.6) is 0 Å². The molecular weight excluding hydrogens is 347 g/mol. The van der Waals surface area contributed by atoms with E-state index in [1.165, 1.54) is 0 Å². The van der Waals surface area contributed by atoms with Gasteiger partial charge in [0, 0.05) is 12.8 Å². The molecule has 0 N–H and O–H groups in total. The van der Waals surface area contributed by atoms with Crippen molar-refractivity contribution in [3.8, 4) is 0 Å². The molecule has 0 aliphatic carbocycles. The number of alkyl halides is 2. The molecule has 2 unspecified atom stereocenters. The van der Waals surface area contributed by atoms with Crippen molar-refractivity contribution in [1.29, 1.82) is 0 Å². The molecule has 0 fully saturated rings. The molecule has 2 atom stereocenters. The first-order valence-electron chi connectivity index (χ1n) is 7.87. The van der Waals surface area contributed by atoms with Crippen LogP contribution < -0.4 is 0 Å². The molecule has 128 valence electrons. The van der Waals surface area contributed by atoms with Crippen LogP contribution in [0.1, 0.15) is 24.0 Å². The van der Waals surface area contributed by atoms with Crippen LogP contribution >= 0.6 is 23.2 Å². The van der Waals surface area contributed by atoms with Crippen molar-refractivity contribution >= 4 is 29.4 Å². The van der Waals surface area contributed by atoms with E-state index in [0.29, 0.717) is 12.8 Å². The first-order chi connectivity index (χ1) is 11.6. The molecule has 0 radical (unpaired) electrons. The molecule has 0 amide bonds. The standard InChI is InChI=1S/C19H20Cl2O3/c20-17(13-11-15-7-3-1-4-8-15)23-19(22)24-18(21)14-12-16-9-5-2-6-10-16/h1-10,17-18H,11-14H2. The normalized spacial score (nSPS) is 13.1. The van der Waals surface area contributed by atoms with Crippen LogP contribution in [0.4, 0.5) is 4.79 Å². The fourth-order valence-electron chi connectivity index (χ4n) is 2.20. The molecule has 24 heavy (non-hydrogen) atoms. The minimum atomic E-state index is -0.837. The summed E-state index contributed by atoms with van der Waals surface area (Å²) in [6, 6.07) is 19.7. The molecule has 2 rings (SSSR count). The minimum Gasteiger partial charge on any atom is -0.415 e. The summed E-state index contributed by atoms with van der Waals surface area (Å²) in [6.07, 6.45) is 1.63. The number of hydrogen-bond acceptors (Lipinski definition) is 3. The van der Waals surface area contributed by atoms with E-state index in [-0.39, 0.29) is 0 Å². The zero-order valence-corrected chi connectivity index (χ0v) is 14.7. The van der Waals surface area contributed by atoms with Gasteiger partial charge in [0.1, 0.15) is 0 Å². The Balaban J connectivity index is 1.64. The number of benzene rings is 2. The van der Waals surface area contributed by atoms with Crippen molar-refractivity contribution in [1.82, 2.24) is 0 Å². The summed E-state index contributed by atoms with van der Waals surface area (Å²) in [6.45, 7) is 0. The highest BCUT2D eigenvalue weighted by Gasteiger charge is 2.17. The summed E-state index contributed by atoms with van der Waals surface area (Å²) >= 11 is 12.0.